The van der Waals surface area contributed by atoms with Crippen molar-refractivity contribution in [3.63, 3.8) is 0 Å². The minimum atomic E-state index is 0.360. The lowest BCUT2D eigenvalue weighted by atomic mass is 10.4. The Morgan fingerprint density at radius 2 is 2.46 bits per heavy atom. The van der Waals surface area contributed by atoms with Gasteiger partial charge in [0.15, 0.2) is 17.9 Å². The van der Waals surface area contributed by atoms with Crippen LogP contribution in [0.15, 0.2) is 27.4 Å². The van der Waals surface area contributed by atoms with E-state index in [0.717, 1.165) is 4.47 Å². The molecule has 4 nitrogen and oxygen atoms in total. The van der Waals surface area contributed by atoms with Crippen LogP contribution in [0.5, 0.6) is 0 Å². The molecule has 13 heavy (non-hydrogen) atoms. The molecule has 0 bridgehead atoms. The van der Waals surface area contributed by atoms with E-state index < -0.39 is 0 Å². The van der Waals surface area contributed by atoms with Gasteiger partial charge in [0.2, 0.25) is 0 Å². The van der Waals surface area contributed by atoms with E-state index >= 15 is 0 Å². The Morgan fingerprint density at radius 1 is 1.62 bits per heavy atom. The van der Waals surface area contributed by atoms with Crippen LogP contribution in [0.4, 0.5) is 0 Å². The predicted octanol–water partition coefficient (Wildman–Crippen LogP) is 2.24. The van der Waals surface area contributed by atoms with Gasteiger partial charge >= 0.3 is 0 Å². The van der Waals surface area contributed by atoms with Gasteiger partial charge in [-0.2, -0.15) is 0 Å². The van der Waals surface area contributed by atoms with Crippen LogP contribution in [-0.2, 0) is 0 Å². The van der Waals surface area contributed by atoms with Crippen LogP contribution in [-0.4, -0.2) is 16.3 Å². The van der Waals surface area contributed by atoms with Crippen LogP contribution in [0, 0.1) is 0 Å². The molecular weight excluding hydrogens is 236 g/mol. The molecule has 0 amide bonds. The lowest BCUT2D eigenvalue weighted by molar-refractivity contribution is 0.111. The summed E-state index contributed by atoms with van der Waals surface area (Å²) in [6.45, 7) is 0. The van der Waals surface area contributed by atoms with E-state index in [2.05, 4.69) is 25.9 Å². The van der Waals surface area contributed by atoms with Gasteiger partial charge in [0, 0.05) is 6.20 Å². The number of furan rings is 1. The number of nitrogens with zero attached hydrogens (tertiary/aromatic N) is 1. The maximum atomic E-state index is 10.3. The zero-order chi connectivity index (χ0) is 9.26. The molecule has 0 radical (unpaired) electrons. The standard InChI is InChI=1S/C8H5BrN2O2/c9-6-1-2-13-7(6)8-10-3-5(4-12)11-8/h1-4H,(H,10,11). The molecule has 0 spiro atoms. The first-order valence-corrected chi connectivity index (χ1v) is 4.34. The summed E-state index contributed by atoms with van der Waals surface area (Å²) in [6.07, 6.45) is 3.75. The number of hydrogen-bond acceptors (Lipinski definition) is 3. The summed E-state index contributed by atoms with van der Waals surface area (Å²) in [6, 6.07) is 1.76. The highest BCUT2D eigenvalue weighted by Gasteiger charge is 2.09. The molecule has 0 saturated heterocycles. The second kappa shape index (κ2) is 3.18. The summed E-state index contributed by atoms with van der Waals surface area (Å²) in [5.41, 5.74) is 0.360. The highest BCUT2D eigenvalue weighted by molar-refractivity contribution is 9.10. The van der Waals surface area contributed by atoms with Gasteiger partial charge in [-0.15, -0.1) is 0 Å². The third-order valence-electron chi connectivity index (χ3n) is 1.55. The fraction of sp³-hybridized carbons (Fsp3) is 0. The fourth-order valence-electron chi connectivity index (χ4n) is 0.975. The summed E-state index contributed by atoms with van der Waals surface area (Å²) in [5.74, 6) is 1.13. The van der Waals surface area contributed by atoms with Crippen LogP contribution in [0.25, 0.3) is 11.6 Å². The van der Waals surface area contributed by atoms with Crippen LogP contribution in [0.2, 0.25) is 0 Å². The van der Waals surface area contributed by atoms with Gasteiger partial charge in [-0.1, -0.05) is 0 Å². The number of imidazole rings is 1. The average Bonchev–Trinajstić information content (AvgIpc) is 2.71. The SMILES string of the molecule is O=Cc1c[nH]c(-c2occc2Br)n1. The molecule has 5 heteroatoms. The summed E-state index contributed by atoms with van der Waals surface area (Å²) >= 11 is 3.29. The molecule has 0 aliphatic carbocycles. The van der Waals surface area contributed by atoms with Crippen molar-refractivity contribution in [1.29, 1.82) is 0 Å². The van der Waals surface area contributed by atoms with Crippen molar-refractivity contribution in [3.05, 3.63) is 28.7 Å². The Bertz CT molecular complexity index is 433. The van der Waals surface area contributed by atoms with Gasteiger partial charge in [0.25, 0.3) is 0 Å². The van der Waals surface area contributed by atoms with Crippen molar-refractivity contribution in [2.45, 2.75) is 0 Å². The summed E-state index contributed by atoms with van der Waals surface area (Å²) in [4.78, 5) is 17.2. The third-order valence-corrected chi connectivity index (χ3v) is 2.18. The van der Waals surface area contributed by atoms with Crippen LogP contribution >= 0.6 is 15.9 Å². The molecule has 0 unspecified atom stereocenters. The van der Waals surface area contributed by atoms with Gasteiger partial charge in [-0.3, -0.25) is 4.79 Å². The van der Waals surface area contributed by atoms with E-state index in [1.165, 1.54) is 6.20 Å². The van der Waals surface area contributed by atoms with E-state index in [4.69, 9.17) is 4.42 Å². The molecule has 1 N–H and O–H groups in total. The third kappa shape index (κ3) is 1.42. The molecule has 0 aliphatic rings. The number of halogens is 1. The highest BCUT2D eigenvalue weighted by atomic mass is 79.9. The maximum absolute atomic E-state index is 10.3. The monoisotopic (exact) mass is 240 g/mol. The van der Waals surface area contributed by atoms with Gasteiger partial charge in [0.1, 0.15) is 5.69 Å². The molecule has 2 rings (SSSR count). The van der Waals surface area contributed by atoms with Gasteiger partial charge in [-0.05, 0) is 22.0 Å². The van der Waals surface area contributed by atoms with Crippen LogP contribution in [0.1, 0.15) is 10.5 Å². The summed E-state index contributed by atoms with van der Waals surface area (Å²) < 4.78 is 5.96. The first kappa shape index (κ1) is 8.25. The Morgan fingerprint density at radius 3 is 3.00 bits per heavy atom. The topological polar surface area (TPSA) is 58.9 Å². The van der Waals surface area contributed by atoms with Gasteiger partial charge < -0.3 is 9.40 Å². The van der Waals surface area contributed by atoms with Crippen LogP contribution < -0.4 is 0 Å². The molecule has 2 aromatic heterocycles. The molecule has 66 valence electrons. The van der Waals surface area contributed by atoms with Crippen molar-refractivity contribution in [3.8, 4) is 11.6 Å². The molecule has 0 aromatic carbocycles. The van der Waals surface area contributed by atoms with Gasteiger partial charge in [-0.25, -0.2) is 4.98 Å². The molecular formula is C8H5BrN2O2. The van der Waals surface area contributed by atoms with Crippen molar-refractivity contribution in [2.75, 3.05) is 0 Å². The normalized spacial score (nSPS) is 10.2. The van der Waals surface area contributed by atoms with Crippen LogP contribution in [0.3, 0.4) is 0 Å². The minimum absolute atomic E-state index is 0.360. The molecule has 0 aliphatic heterocycles. The quantitative estimate of drug-likeness (QED) is 0.820. The molecule has 2 aromatic rings. The summed E-state index contributed by atoms with van der Waals surface area (Å²) in [7, 11) is 0. The fourth-order valence-corrected chi connectivity index (χ4v) is 1.36. The van der Waals surface area contributed by atoms with E-state index in [9.17, 15) is 4.79 Å². The Kier molecular flexibility index (Phi) is 2.02. The van der Waals surface area contributed by atoms with Crippen molar-refractivity contribution in [1.82, 2.24) is 9.97 Å². The lowest BCUT2D eigenvalue weighted by Crippen LogP contribution is -1.79. The number of H-pyrrole nitrogens is 1. The molecule has 0 saturated carbocycles. The van der Waals surface area contributed by atoms with E-state index in [0.29, 0.717) is 23.6 Å². The Balaban J connectivity index is 2.46. The lowest BCUT2D eigenvalue weighted by Gasteiger charge is -1.89. The number of carbonyl (C=O) groups is 1. The number of nitrogens with one attached hydrogen (secondary N) is 1. The van der Waals surface area contributed by atoms with E-state index in [1.54, 1.807) is 12.3 Å². The molecule has 0 atom stereocenters. The first-order chi connectivity index (χ1) is 6.31. The number of rotatable bonds is 2. The molecule has 2 heterocycles. The second-order valence-corrected chi connectivity index (χ2v) is 3.24. The smallest absolute Gasteiger partial charge is 0.183 e. The van der Waals surface area contributed by atoms with Crippen molar-refractivity contribution >= 4 is 22.2 Å². The van der Waals surface area contributed by atoms with Gasteiger partial charge in [0.05, 0.1) is 10.7 Å². The minimum Gasteiger partial charge on any atom is -0.460 e. The number of hydrogen-bond donors (Lipinski definition) is 1. The highest BCUT2D eigenvalue weighted by Crippen LogP contribution is 2.26. The summed E-state index contributed by atoms with van der Waals surface area (Å²) in [5, 5.41) is 0. The van der Waals surface area contributed by atoms with E-state index in [-0.39, 0.29) is 0 Å². The number of aldehydes is 1. The largest absolute Gasteiger partial charge is 0.460 e. The first-order valence-electron chi connectivity index (χ1n) is 3.55. The van der Waals surface area contributed by atoms with Crippen molar-refractivity contribution in [2.24, 2.45) is 0 Å². The predicted molar refractivity (Wildman–Crippen MR) is 49.4 cm³/mol. The average molecular weight is 241 g/mol. The zero-order valence-corrected chi connectivity index (χ0v) is 8.04. The second-order valence-electron chi connectivity index (χ2n) is 2.39. The number of carbonyl (C=O) groups excluding carboxylic acids is 1. The zero-order valence-electron chi connectivity index (χ0n) is 6.45. The van der Waals surface area contributed by atoms with E-state index in [1.807, 2.05) is 0 Å². The maximum Gasteiger partial charge on any atom is 0.183 e. The van der Waals surface area contributed by atoms with Crippen molar-refractivity contribution < 1.29 is 9.21 Å². The number of aromatic amines is 1. The Labute approximate surface area is 82.1 Å². The molecule has 0 fully saturated rings. The Hall–Kier alpha value is -1.36. The number of aromatic nitrogens is 2.